The second-order valence-corrected chi connectivity index (χ2v) is 5.51. The number of benzene rings is 2. The quantitative estimate of drug-likeness (QED) is 0.902. The normalized spacial score (nSPS) is 13.8. The van der Waals surface area contributed by atoms with Crippen LogP contribution in [0.4, 0.5) is 0 Å². The minimum atomic E-state index is 0.0817. The topological polar surface area (TPSA) is 35.2 Å². The molecule has 0 aliphatic carbocycles. The highest BCUT2D eigenvalue weighted by atomic mass is 35.5. The summed E-state index contributed by atoms with van der Waals surface area (Å²) in [5.74, 6) is 1.15. The van der Waals surface area contributed by atoms with Crippen molar-refractivity contribution < 1.29 is 4.74 Å². The first-order chi connectivity index (χ1) is 9.60. The molecule has 0 spiro atoms. The third-order valence-corrected chi connectivity index (χ3v) is 3.80. The summed E-state index contributed by atoms with van der Waals surface area (Å²) in [6.45, 7) is 2.04. The van der Waals surface area contributed by atoms with Crippen LogP contribution in [-0.4, -0.2) is 13.2 Å². The van der Waals surface area contributed by atoms with E-state index in [4.69, 9.17) is 22.1 Å². The second kappa shape index (κ2) is 6.78. The van der Waals surface area contributed by atoms with E-state index in [1.54, 1.807) is 7.11 Å². The van der Waals surface area contributed by atoms with Gasteiger partial charge in [-0.2, -0.15) is 0 Å². The van der Waals surface area contributed by atoms with Gasteiger partial charge in [-0.3, -0.25) is 0 Å². The molecule has 2 atom stereocenters. The molecule has 2 nitrogen and oxygen atoms in total. The van der Waals surface area contributed by atoms with Gasteiger partial charge in [0.05, 0.1) is 7.11 Å². The predicted octanol–water partition coefficient (Wildman–Crippen LogP) is 4.02. The Morgan fingerprint density at radius 3 is 2.15 bits per heavy atom. The summed E-state index contributed by atoms with van der Waals surface area (Å²) in [4.78, 5) is 0. The Morgan fingerprint density at radius 2 is 1.65 bits per heavy atom. The van der Waals surface area contributed by atoms with E-state index in [0.717, 1.165) is 17.2 Å². The molecule has 2 N–H and O–H groups in total. The maximum absolute atomic E-state index is 6.15. The summed E-state index contributed by atoms with van der Waals surface area (Å²) >= 11 is 5.94. The lowest BCUT2D eigenvalue weighted by Gasteiger charge is -2.21. The standard InChI is InChI=1S/C17H20ClNO/c1-12(19)17(14-5-7-15(18)8-6-14)11-13-3-9-16(20-2)10-4-13/h3-10,12,17H,11,19H2,1-2H3. The smallest absolute Gasteiger partial charge is 0.118 e. The number of ether oxygens (including phenoxy) is 1. The van der Waals surface area contributed by atoms with Gasteiger partial charge in [-0.1, -0.05) is 35.9 Å². The van der Waals surface area contributed by atoms with E-state index in [1.165, 1.54) is 11.1 Å². The van der Waals surface area contributed by atoms with E-state index < -0.39 is 0 Å². The molecule has 106 valence electrons. The van der Waals surface area contributed by atoms with Gasteiger partial charge in [-0.25, -0.2) is 0 Å². The minimum Gasteiger partial charge on any atom is -0.497 e. The average Bonchev–Trinajstić information content (AvgIpc) is 2.46. The van der Waals surface area contributed by atoms with Crippen LogP contribution in [0.2, 0.25) is 5.02 Å². The van der Waals surface area contributed by atoms with Gasteiger partial charge >= 0.3 is 0 Å². The van der Waals surface area contributed by atoms with Crippen molar-refractivity contribution in [2.24, 2.45) is 5.73 Å². The lowest BCUT2D eigenvalue weighted by molar-refractivity contribution is 0.414. The molecule has 3 heteroatoms. The Bertz CT molecular complexity index is 534. The Labute approximate surface area is 125 Å². The maximum Gasteiger partial charge on any atom is 0.118 e. The number of nitrogens with two attached hydrogens (primary N) is 1. The molecule has 0 bridgehead atoms. The number of methoxy groups -OCH3 is 1. The minimum absolute atomic E-state index is 0.0817. The van der Waals surface area contributed by atoms with Gasteiger partial charge in [-0.15, -0.1) is 0 Å². The summed E-state index contributed by atoms with van der Waals surface area (Å²) in [6.07, 6.45) is 0.906. The Hall–Kier alpha value is -1.51. The second-order valence-electron chi connectivity index (χ2n) is 5.07. The van der Waals surface area contributed by atoms with Crippen molar-refractivity contribution in [3.05, 3.63) is 64.7 Å². The highest BCUT2D eigenvalue weighted by Gasteiger charge is 2.16. The van der Waals surface area contributed by atoms with Crippen molar-refractivity contribution >= 4 is 11.6 Å². The number of rotatable bonds is 5. The molecule has 2 aromatic carbocycles. The largest absolute Gasteiger partial charge is 0.497 e. The van der Waals surface area contributed by atoms with Gasteiger partial charge in [-0.05, 0) is 48.7 Å². The summed E-state index contributed by atoms with van der Waals surface area (Å²) < 4.78 is 5.18. The molecule has 2 unspecified atom stereocenters. The summed E-state index contributed by atoms with van der Waals surface area (Å²) in [5.41, 5.74) is 8.63. The number of halogens is 1. The molecule has 2 aromatic rings. The highest BCUT2D eigenvalue weighted by molar-refractivity contribution is 6.30. The van der Waals surface area contributed by atoms with Crippen LogP contribution in [0.1, 0.15) is 24.0 Å². The van der Waals surface area contributed by atoms with Crippen molar-refractivity contribution in [3.8, 4) is 5.75 Å². The molecule has 0 aromatic heterocycles. The lowest BCUT2D eigenvalue weighted by atomic mass is 9.87. The van der Waals surface area contributed by atoms with Gasteiger partial charge < -0.3 is 10.5 Å². The van der Waals surface area contributed by atoms with Crippen LogP contribution in [-0.2, 0) is 6.42 Å². The molecular formula is C17H20ClNO. The highest BCUT2D eigenvalue weighted by Crippen LogP contribution is 2.25. The molecule has 0 heterocycles. The van der Waals surface area contributed by atoms with Gasteiger partial charge in [0.25, 0.3) is 0 Å². The van der Waals surface area contributed by atoms with Crippen molar-refractivity contribution in [2.75, 3.05) is 7.11 Å². The summed E-state index contributed by atoms with van der Waals surface area (Å²) in [7, 11) is 1.67. The first-order valence-corrected chi connectivity index (χ1v) is 7.12. The summed E-state index contributed by atoms with van der Waals surface area (Å²) in [6, 6.07) is 16.2. The SMILES string of the molecule is COc1ccc(CC(c2ccc(Cl)cc2)C(C)N)cc1. The van der Waals surface area contributed by atoms with E-state index >= 15 is 0 Å². The zero-order chi connectivity index (χ0) is 14.5. The van der Waals surface area contributed by atoms with Gasteiger partial charge in [0.2, 0.25) is 0 Å². The molecule has 0 radical (unpaired) electrons. The molecule has 20 heavy (non-hydrogen) atoms. The Balaban J connectivity index is 2.18. The maximum atomic E-state index is 6.15. The number of hydrogen-bond donors (Lipinski definition) is 1. The van der Waals surface area contributed by atoms with Crippen LogP contribution in [0, 0.1) is 0 Å². The average molecular weight is 290 g/mol. The van der Waals surface area contributed by atoms with E-state index in [0.29, 0.717) is 0 Å². The molecule has 0 saturated heterocycles. The van der Waals surface area contributed by atoms with Crippen LogP contribution >= 0.6 is 11.6 Å². The Morgan fingerprint density at radius 1 is 1.05 bits per heavy atom. The van der Waals surface area contributed by atoms with Gasteiger partial charge in [0, 0.05) is 17.0 Å². The van der Waals surface area contributed by atoms with Crippen molar-refractivity contribution in [1.82, 2.24) is 0 Å². The Kier molecular flexibility index (Phi) is 5.05. The molecule has 0 aliphatic rings. The molecular weight excluding hydrogens is 270 g/mol. The van der Waals surface area contributed by atoms with Gasteiger partial charge in [0.1, 0.15) is 5.75 Å². The first kappa shape index (κ1) is 14.9. The summed E-state index contributed by atoms with van der Waals surface area (Å²) in [5, 5.41) is 0.752. The van der Waals surface area contributed by atoms with E-state index in [1.807, 2.05) is 31.2 Å². The van der Waals surface area contributed by atoms with Crippen LogP contribution in [0.5, 0.6) is 5.75 Å². The van der Waals surface area contributed by atoms with Gasteiger partial charge in [0.15, 0.2) is 0 Å². The third kappa shape index (κ3) is 3.75. The van der Waals surface area contributed by atoms with Crippen molar-refractivity contribution in [3.63, 3.8) is 0 Å². The first-order valence-electron chi connectivity index (χ1n) is 6.74. The fourth-order valence-electron chi connectivity index (χ4n) is 2.33. The van der Waals surface area contributed by atoms with Crippen molar-refractivity contribution in [2.45, 2.75) is 25.3 Å². The third-order valence-electron chi connectivity index (χ3n) is 3.55. The fraction of sp³-hybridized carbons (Fsp3) is 0.294. The lowest BCUT2D eigenvalue weighted by Crippen LogP contribution is -2.26. The van der Waals surface area contributed by atoms with E-state index in [2.05, 4.69) is 24.3 Å². The molecule has 0 saturated carbocycles. The van der Waals surface area contributed by atoms with E-state index in [-0.39, 0.29) is 12.0 Å². The number of hydrogen-bond acceptors (Lipinski definition) is 2. The molecule has 2 rings (SSSR count). The van der Waals surface area contributed by atoms with Crippen LogP contribution in [0.25, 0.3) is 0 Å². The van der Waals surface area contributed by atoms with Crippen LogP contribution in [0.3, 0.4) is 0 Å². The van der Waals surface area contributed by atoms with E-state index in [9.17, 15) is 0 Å². The molecule has 0 fully saturated rings. The van der Waals surface area contributed by atoms with Crippen LogP contribution in [0.15, 0.2) is 48.5 Å². The molecule has 0 amide bonds. The predicted molar refractivity (Wildman–Crippen MR) is 84.5 cm³/mol. The zero-order valence-electron chi connectivity index (χ0n) is 11.8. The monoisotopic (exact) mass is 289 g/mol. The van der Waals surface area contributed by atoms with Crippen molar-refractivity contribution in [1.29, 1.82) is 0 Å². The molecule has 0 aliphatic heterocycles. The van der Waals surface area contributed by atoms with Crippen LogP contribution < -0.4 is 10.5 Å². The fourth-order valence-corrected chi connectivity index (χ4v) is 2.46. The zero-order valence-corrected chi connectivity index (χ0v) is 12.6.